The molecule has 0 N–H and O–H groups in total. The van der Waals surface area contributed by atoms with E-state index in [0.29, 0.717) is 0 Å². The topological polar surface area (TPSA) is 0 Å². The lowest BCUT2D eigenvalue weighted by molar-refractivity contribution is 0.566. The second-order valence-corrected chi connectivity index (χ2v) is 3.36. The first kappa shape index (κ1) is 7.59. The van der Waals surface area contributed by atoms with Crippen LogP contribution in [0.2, 0.25) is 0 Å². The Kier molecular flexibility index (Phi) is 2.31. The largest absolute Gasteiger partial charge is 0.103 e. The average molecular weight is 136 g/mol. The molecular weight excluding hydrogens is 120 g/mol. The molecule has 0 aromatic rings. The number of allylic oxidation sites excluding steroid dienone is 3. The third-order valence-corrected chi connectivity index (χ3v) is 2.42. The zero-order valence-corrected chi connectivity index (χ0v) is 6.98. The third kappa shape index (κ3) is 1.50. The van der Waals surface area contributed by atoms with Crippen LogP contribution in [0.15, 0.2) is 23.8 Å². The molecule has 10 heavy (non-hydrogen) atoms. The summed E-state index contributed by atoms with van der Waals surface area (Å²) in [5.41, 5.74) is 3.21. The maximum Gasteiger partial charge on any atom is -0.0286 e. The molecule has 0 amide bonds. The molecule has 0 saturated carbocycles. The van der Waals surface area contributed by atoms with Crippen LogP contribution in [0.1, 0.15) is 33.1 Å². The second kappa shape index (κ2) is 3.05. The molecule has 0 saturated heterocycles. The van der Waals surface area contributed by atoms with E-state index in [-0.39, 0.29) is 0 Å². The Morgan fingerprint density at radius 3 is 2.30 bits per heavy atom. The van der Waals surface area contributed by atoms with Crippen molar-refractivity contribution in [3.63, 3.8) is 0 Å². The molecular formula is C10H16. The Labute approximate surface area is 63.6 Å². The minimum Gasteiger partial charge on any atom is -0.103 e. The molecule has 0 heterocycles. The van der Waals surface area contributed by atoms with E-state index in [0.717, 1.165) is 5.92 Å². The van der Waals surface area contributed by atoms with E-state index in [4.69, 9.17) is 0 Å². The number of hydrogen-bond donors (Lipinski definition) is 0. The van der Waals surface area contributed by atoms with E-state index in [1.165, 1.54) is 19.3 Å². The molecule has 0 aromatic carbocycles. The van der Waals surface area contributed by atoms with Gasteiger partial charge in [0.25, 0.3) is 0 Å². The van der Waals surface area contributed by atoms with E-state index >= 15 is 0 Å². The Bertz CT molecular complexity index is 149. The lowest BCUT2D eigenvalue weighted by Gasteiger charge is -2.03. The fourth-order valence-corrected chi connectivity index (χ4v) is 1.69. The van der Waals surface area contributed by atoms with Gasteiger partial charge in [-0.05, 0) is 39.0 Å². The van der Waals surface area contributed by atoms with Crippen LogP contribution in [0.5, 0.6) is 0 Å². The minimum atomic E-state index is 0.873. The first-order valence-electron chi connectivity index (χ1n) is 4.00. The Morgan fingerprint density at radius 1 is 1.40 bits per heavy atom. The van der Waals surface area contributed by atoms with E-state index in [1.807, 2.05) is 6.08 Å². The van der Waals surface area contributed by atoms with Gasteiger partial charge in [0.15, 0.2) is 0 Å². The summed E-state index contributed by atoms with van der Waals surface area (Å²) in [5, 5.41) is 0. The van der Waals surface area contributed by atoms with Crippen LogP contribution in [0, 0.1) is 5.92 Å². The van der Waals surface area contributed by atoms with Crippen LogP contribution in [-0.4, -0.2) is 0 Å². The van der Waals surface area contributed by atoms with Crippen LogP contribution >= 0.6 is 0 Å². The molecule has 0 unspecified atom stereocenters. The molecule has 0 atom stereocenters. The van der Waals surface area contributed by atoms with Gasteiger partial charge in [0.05, 0.1) is 0 Å². The van der Waals surface area contributed by atoms with Crippen LogP contribution in [-0.2, 0) is 0 Å². The summed E-state index contributed by atoms with van der Waals surface area (Å²) in [7, 11) is 0. The predicted octanol–water partition coefficient (Wildman–Crippen LogP) is 3.31. The highest BCUT2D eigenvalue weighted by Crippen LogP contribution is 2.32. The highest BCUT2D eigenvalue weighted by Gasteiger charge is 2.16. The summed E-state index contributed by atoms with van der Waals surface area (Å²) in [6.45, 7) is 8.25. The van der Waals surface area contributed by atoms with Gasteiger partial charge < -0.3 is 0 Å². The Balaban J connectivity index is 2.43. The summed E-state index contributed by atoms with van der Waals surface area (Å²) in [6.07, 6.45) is 5.83. The fourth-order valence-electron chi connectivity index (χ4n) is 1.69. The van der Waals surface area contributed by atoms with E-state index in [1.54, 1.807) is 11.1 Å². The molecule has 1 rings (SSSR count). The molecule has 0 fully saturated rings. The minimum absolute atomic E-state index is 0.873. The van der Waals surface area contributed by atoms with Crippen LogP contribution in [0.3, 0.4) is 0 Å². The smallest absolute Gasteiger partial charge is 0.0286 e. The molecule has 1 aliphatic carbocycles. The summed E-state index contributed by atoms with van der Waals surface area (Å²) < 4.78 is 0. The molecule has 0 heteroatoms. The van der Waals surface area contributed by atoms with Crippen molar-refractivity contribution in [2.45, 2.75) is 33.1 Å². The summed E-state index contributed by atoms with van der Waals surface area (Å²) >= 11 is 0. The van der Waals surface area contributed by atoms with Gasteiger partial charge in [-0.3, -0.25) is 0 Å². The average Bonchev–Trinajstić information content (AvgIpc) is 2.14. The maximum atomic E-state index is 3.76. The van der Waals surface area contributed by atoms with Crippen molar-refractivity contribution in [3.8, 4) is 0 Å². The van der Waals surface area contributed by atoms with Crippen LogP contribution in [0.4, 0.5) is 0 Å². The molecule has 56 valence electrons. The van der Waals surface area contributed by atoms with E-state index < -0.39 is 0 Å². The number of rotatable bonds is 2. The monoisotopic (exact) mass is 136 g/mol. The van der Waals surface area contributed by atoms with Gasteiger partial charge >= 0.3 is 0 Å². The zero-order valence-electron chi connectivity index (χ0n) is 6.98. The zero-order chi connectivity index (χ0) is 7.56. The molecule has 0 aliphatic heterocycles. The second-order valence-electron chi connectivity index (χ2n) is 3.36. The molecule has 0 aromatic heterocycles. The highest BCUT2D eigenvalue weighted by atomic mass is 14.2. The van der Waals surface area contributed by atoms with Crippen molar-refractivity contribution < 1.29 is 0 Å². The van der Waals surface area contributed by atoms with Gasteiger partial charge in [-0.1, -0.05) is 17.2 Å². The Morgan fingerprint density at radius 2 is 1.90 bits per heavy atom. The lowest BCUT2D eigenvalue weighted by Crippen LogP contribution is -1.91. The Hall–Kier alpha value is -0.520. The molecule has 0 nitrogen and oxygen atoms in total. The summed E-state index contributed by atoms with van der Waals surface area (Å²) in [6, 6.07) is 0. The quantitative estimate of drug-likeness (QED) is 0.511. The first-order valence-corrected chi connectivity index (χ1v) is 4.00. The van der Waals surface area contributed by atoms with Crippen molar-refractivity contribution in [2.75, 3.05) is 0 Å². The van der Waals surface area contributed by atoms with Crippen molar-refractivity contribution >= 4 is 0 Å². The van der Waals surface area contributed by atoms with Crippen molar-refractivity contribution in [1.29, 1.82) is 0 Å². The molecule has 0 spiro atoms. The summed E-state index contributed by atoms with van der Waals surface area (Å²) in [5.74, 6) is 0.873. The maximum absolute atomic E-state index is 3.76. The van der Waals surface area contributed by atoms with Crippen molar-refractivity contribution in [2.24, 2.45) is 5.92 Å². The van der Waals surface area contributed by atoms with Gasteiger partial charge in [-0.2, -0.15) is 0 Å². The van der Waals surface area contributed by atoms with Gasteiger partial charge in [0, 0.05) is 0 Å². The fraction of sp³-hybridized carbons (Fsp3) is 0.600. The number of hydrogen-bond acceptors (Lipinski definition) is 0. The lowest BCUT2D eigenvalue weighted by atomic mass is 10.0. The van der Waals surface area contributed by atoms with Gasteiger partial charge in [0.1, 0.15) is 0 Å². The summed E-state index contributed by atoms with van der Waals surface area (Å²) in [4.78, 5) is 0. The SMILES string of the molecule is C=CCC1CC(C)=C(C)C1. The van der Waals surface area contributed by atoms with Gasteiger partial charge in [0.2, 0.25) is 0 Å². The standard InChI is InChI=1S/C10H16/c1-4-5-10-6-8(2)9(3)7-10/h4,10H,1,5-7H2,2-3H3. The van der Waals surface area contributed by atoms with E-state index in [2.05, 4.69) is 20.4 Å². The van der Waals surface area contributed by atoms with Crippen molar-refractivity contribution in [3.05, 3.63) is 23.8 Å². The van der Waals surface area contributed by atoms with Crippen molar-refractivity contribution in [1.82, 2.24) is 0 Å². The van der Waals surface area contributed by atoms with Crippen LogP contribution < -0.4 is 0 Å². The van der Waals surface area contributed by atoms with Gasteiger partial charge in [-0.15, -0.1) is 6.58 Å². The predicted molar refractivity (Wildman–Crippen MR) is 45.9 cm³/mol. The highest BCUT2D eigenvalue weighted by molar-refractivity contribution is 5.17. The van der Waals surface area contributed by atoms with Crippen LogP contribution in [0.25, 0.3) is 0 Å². The third-order valence-electron chi connectivity index (χ3n) is 2.42. The van der Waals surface area contributed by atoms with E-state index in [9.17, 15) is 0 Å². The first-order chi connectivity index (χ1) is 4.74. The molecule has 0 radical (unpaired) electrons. The van der Waals surface area contributed by atoms with Gasteiger partial charge in [-0.25, -0.2) is 0 Å². The molecule has 0 bridgehead atoms. The molecule has 1 aliphatic rings. The normalized spacial score (nSPS) is 20.2.